The first-order chi connectivity index (χ1) is 39.2. The van der Waals surface area contributed by atoms with Gasteiger partial charge >= 0.3 is 52.0 Å². The van der Waals surface area contributed by atoms with Gasteiger partial charge < -0.3 is 125 Å². The Morgan fingerprint density at radius 1 is 0.448 bits per heavy atom. The van der Waals surface area contributed by atoms with E-state index in [1.54, 1.807) is 40.1 Å². The van der Waals surface area contributed by atoms with E-state index >= 15 is 0 Å². The second-order valence-electron chi connectivity index (χ2n) is 19.9. The highest BCUT2D eigenvalue weighted by Gasteiger charge is 2.53. The number of aliphatic hydroxyl groups excluding tert-OH is 4. The molecule has 0 spiro atoms. The van der Waals surface area contributed by atoms with Gasteiger partial charge in [-0.25, -0.2) is 0 Å². The average Bonchev–Trinajstić information content (AvgIpc) is 1.34. The van der Waals surface area contributed by atoms with Crippen molar-refractivity contribution in [3.05, 3.63) is 23.7 Å². The van der Waals surface area contributed by atoms with Crippen molar-refractivity contribution in [1.82, 2.24) is 10.6 Å². The number of aliphatic hydroxyl groups is 6. The minimum Gasteiger partial charge on any atom is -0.467 e. The molecule has 2 aliphatic carbocycles. The van der Waals surface area contributed by atoms with Crippen LogP contribution in [0.25, 0.3) is 0 Å². The van der Waals surface area contributed by atoms with Crippen LogP contribution in [0.15, 0.2) is 23.7 Å². The maximum absolute atomic E-state index is 11.0. The fourth-order valence-corrected chi connectivity index (χ4v) is 8.88. The van der Waals surface area contributed by atoms with Crippen molar-refractivity contribution in [3.8, 4) is 0 Å². The van der Waals surface area contributed by atoms with Gasteiger partial charge in [-0.3, -0.25) is 45.5 Å². The number of likely N-dealkylation sites (N-methyl/N-ethyl adjacent to an activating group) is 2. The molecule has 0 aromatic rings. The molecule has 0 radical (unpaired) electrons. The zero-order valence-electron chi connectivity index (χ0n) is 46.5. The Kier molecular flexibility index (Phi) is 35.1. The average molecular weight is 1390 g/mol. The third kappa shape index (κ3) is 34.2. The van der Waals surface area contributed by atoms with Crippen LogP contribution in [0.3, 0.4) is 0 Å². The van der Waals surface area contributed by atoms with E-state index in [0.29, 0.717) is 37.2 Å². The maximum atomic E-state index is 11.0. The maximum Gasteiger partial charge on any atom is 0.394 e. The molecule has 520 valence electrons. The number of hydrogen-bond donors (Lipinski definition) is 26. The minimum absolute atomic E-state index is 0.0727. The Labute approximate surface area is 500 Å². The van der Waals surface area contributed by atoms with E-state index < -0.39 is 186 Å². The lowest BCUT2D eigenvalue weighted by Gasteiger charge is -2.48. The summed E-state index contributed by atoms with van der Waals surface area (Å²) in [4.78, 5) is 0. The summed E-state index contributed by atoms with van der Waals surface area (Å²) in [7, 11) is -20.1. The fraction of sp³-hybridized carbons (Fsp3) is 0.895. The molecular weight excluding hydrogens is 1300 g/mol. The lowest BCUT2D eigenvalue weighted by Crippen LogP contribution is -2.68. The van der Waals surface area contributed by atoms with Crippen LogP contribution >= 0.6 is 0 Å². The molecule has 4 aliphatic heterocycles. The van der Waals surface area contributed by atoms with Crippen LogP contribution in [0, 0.1) is 0 Å². The smallest absolute Gasteiger partial charge is 0.394 e. The van der Waals surface area contributed by atoms with Crippen molar-refractivity contribution in [2.24, 2.45) is 45.9 Å². The van der Waals surface area contributed by atoms with Crippen molar-refractivity contribution < 1.29 is 156 Å². The van der Waals surface area contributed by atoms with Crippen molar-refractivity contribution in [1.29, 1.82) is 0 Å². The van der Waals surface area contributed by atoms with Crippen LogP contribution in [0.4, 0.5) is 0 Å². The molecule has 49 heteroatoms. The molecule has 2 saturated heterocycles. The Morgan fingerprint density at radius 3 is 0.874 bits per heavy atom. The molecule has 0 aromatic carbocycles. The predicted octanol–water partition coefficient (Wildman–Crippen LogP) is -11.0. The van der Waals surface area contributed by atoms with Gasteiger partial charge in [0.2, 0.25) is 12.6 Å². The highest BCUT2D eigenvalue weighted by molar-refractivity contribution is 7.80. The first-order valence-electron chi connectivity index (χ1n) is 24.7. The van der Waals surface area contributed by atoms with Crippen molar-refractivity contribution in [2.75, 3.05) is 40.4 Å². The minimum atomic E-state index is -4.67. The highest BCUT2D eigenvalue weighted by atomic mass is 32.3. The molecule has 34 N–H and O–H groups in total. The molecule has 0 aromatic heterocycles. The van der Waals surface area contributed by atoms with Gasteiger partial charge in [0.25, 0.3) is 0 Å². The number of rotatable bonds is 12. The van der Waals surface area contributed by atoms with Gasteiger partial charge in [0, 0.05) is 24.2 Å². The predicted molar refractivity (Wildman–Crippen MR) is 291 cm³/mol. The van der Waals surface area contributed by atoms with E-state index in [4.69, 9.17) is 171 Å². The van der Waals surface area contributed by atoms with Gasteiger partial charge in [-0.2, -0.15) is 42.1 Å². The molecule has 6 rings (SSSR count). The van der Waals surface area contributed by atoms with Crippen molar-refractivity contribution in [2.45, 2.75) is 173 Å². The molecule has 87 heavy (non-hydrogen) atoms. The summed E-state index contributed by atoms with van der Waals surface area (Å²) >= 11 is 0. The standard InChI is InChI=1S/2C19H37N5O7.5H2O4S/c2*1-19(27)7-28-18(13(26)16(19)24-2)31-15-11(23)5-10(22)14(12(15)25)30-17-9(21)4-3-8(6-20)29-17;5*1-5(2,3)4/h2*3,9-18,24-27H,4-7,20-23H2,1-2H3;5*(H2,1,2,3,4). The van der Waals surface area contributed by atoms with Crippen LogP contribution in [0.1, 0.15) is 39.5 Å². The van der Waals surface area contributed by atoms with Crippen LogP contribution < -0.4 is 56.5 Å². The SMILES string of the molecule is CNC1C(O)C(OC2C(N)CC(N)C(OC3OC(CN)=CCC3N)C2O)OCC1(C)O.CNC1C(O)C(OC2C(N)CC(N)C(OC3OC(CN)=CCC3N)C2O)OCC1(C)O.O=S(=O)(O)O.O=S(=O)(O)O.O=S(=O)(O)O.O=S(=O)(O)O.O=S(=O)(O)O. The van der Waals surface area contributed by atoms with E-state index in [-0.39, 0.29) is 26.3 Å². The van der Waals surface area contributed by atoms with Gasteiger partial charge in [-0.1, -0.05) is 0 Å². The second kappa shape index (κ2) is 36.1. The third-order valence-electron chi connectivity index (χ3n) is 12.4. The Bertz CT molecular complexity index is 2390. The quantitative estimate of drug-likeness (QED) is 0.0807. The molecule has 22 atom stereocenters. The number of ether oxygens (including phenoxy) is 8. The fourth-order valence-electron chi connectivity index (χ4n) is 8.88. The lowest BCUT2D eigenvalue weighted by atomic mass is 9.84. The van der Waals surface area contributed by atoms with Crippen LogP contribution in [0.2, 0.25) is 0 Å². The zero-order chi connectivity index (χ0) is 68.3. The van der Waals surface area contributed by atoms with E-state index in [1.165, 1.54) is 0 Å². The number of nitrogens with one attached hydrogen (secondary N) is 2. The van der Waals surface area contributed by atoms with Gasteiger partial charge in [0.1, 0.15) is 71.6 Å². The summed E-state index contributed by atoms with van der Waals surface area (Å²) < 4.78 is 204. The number of nitrogens with two attached hydrogens (primary N) is 8. The highest BCUT2D eigenvalue weighted by Crippen LogP contribution is 2.33. The van der Waals surface area contributed by atoms with E-state index in [0.717, 1.165) is 0 Å². The van der Waals surface area contributed by atoms with Gasteiger partial charge in [0.05, 0.1) is 50.5 Å². The molecular formula is C38H84N10O34S5. The Hall–Kier alpha value is -2.45. The first-order valence-corrected chi connectivity index (χ1v) is 31.7. The summed E-state index contributed by atoms with van der Waals surface area (Å²) in [6.07, 6.45) is -7.13. The zero-order valence-corrected chi connectivity index (χ0v) is 50.6. The lowest BCUT2D eigenvalue weighted by molar-refractivity contribution is -0.303. The van der Waals surface area contributed by atoms with E-state index in [9.17, 15) is 30.6 Å². The summed E-state index contributed by atoms with van der Waals surface area (Å²) in [5.41, 5.74) is 45.7. The topological polar surface area (TPSA) is 800 Å². The van der Waals surface area contributed by atoms with Crippen molar-refractivity contribution in [3.63, 3.8) is 0 Å². The molecule has 22 unspecified atom stereocenters. The van der Waals surface area contributed by atoms with Crippen LogP contribution in [-0.4, -0.2) is 292 Å². The summed E-state index contributed by atoms with van der Waals surface area (Å²) in [6.45, 7) is 3.36. The van der Waals surface area contributed by atoms with Gasteiger partial charge in [-0.05, 0) is 65.8 Å². The summed E-state index contributed by atoms with van der Waals surface area (Å²) in [6, 6.07) is -4.74. The monoisotopic (exact) mass is 1380 g/mol. The molecule has 2 saturated carbocycles. The molecule has 44 nitrogen and oxygen atoms in total. The first kappa shape index (κ1) is 84.5. The van der Waals surface area contributed by atoms with E-state index in [2.05, 4.69) is 10.6 Å². The molecule has 0 bridgehead atoms. The summed E-state index contributed by atoms with van der Waals surface area (Å²) in [5.74, 6) is 1.11. The van der Waals surface area contributed by atoms with Crippen molar-refractivity contribution >= 4 is 52.0 Å². The second-order valence-corrected chi connectivity index (χ2v) is 24.3. The Balaban J connectivity index is 0.00000122. The van der Waals surface area contributed by atoms with Gasteiger partial charge in [0.15, 0.2) is 12.6 Å². The normalized spacial score (nSPS) is 38.1. The van der Waals surface area contributed by atoms with Gasteiger partial charge in [-0.15, -0.1) is 0 Å². The molecule has 4 fully saturated rings. The largest absolute Gasteiger partial charge is 0.467 e. The third-order valence-corrected chi connectivity index (χ3v) is 12.4. The molecule has 0 amide bonds. The number of hydrogen-bond acceptors (Lipinski definition) is 34. The molecule has 4 heterocycles. The Morgan fingerprint density at radius 2 is 0.667 bits per heavy atom. The summed E-state index contributed by atoms with van der Waals surface area (Å²) in [5, 5.41) is 69.8. The molecule has 6 aliphatic rings. The van der Waals surface area contributed by atoms with Crippen LogP contribution in [0.5, 0.6) is 0 Å². The van der Waals surface area contributed by atoms with Crippen LogP contribution in [-0.2, 0) is 89.9 Å². The van der Waals surface area contributed by atoms with E-state index in [1.807, 2.05) is 0 Å².